The zero-order chi connectivity index (χ0) is 12.4. The number of aromatic nitrogens is 3. The summed E-state index contributed by atoms with van der Waals surface area (Å²) in [7, 11) is 0. The minimum Gasteiger partial charge on any atom is -0.477 e. The average Bonchev–Trinajstić information content (AvgIpc) is 2.82. The van der Waals surface area contributed by atoms with Crippen molar-refractivity contribution in [3.05, 3.63) is 22.0 Å². The molecular formula is C9H9N3O3S2. The number of carbonyl (C=O) groups is 1. The van der Waals surface area contributed by atoms with Crippen LogP contribution >= 0.6 is 23.1 Å². The topological polar surface area (TPSA) is 89.1 Å². The summed E-state index contributed by atoms with van der Waals surface area (Å²) in [6.45, 7) is 3.50. The van der Waals surface area contributed by atoms with Crippen molar-refractivity contribution in [1.82, 2.24) is 15.3 Å². The minimum atomic E-state index is -0.939. The Bertz CT molecular complexity index is 549. The number of hydrogen-bond donors (Lipinski definition) is 1. The van der Waals surface area contributed by atoms with Crippen molar-refractivity contribution in [2.75, 3.05) is 0 Å². The molecule has 8 heteroatoms. The first-order valence-electron chi connectivity index (χ1n) is 4.69. The molecule has 0 aliphatic heterocycles. The third kappa shape index (κ3) is 2.64. The van der Waals surface area contributed by atoms with Crippen molar-refractivity contribution in [3.8, 4) is 0 Å². The highest BCUT2D eigenvalue weighted by atomic mass is 32.2. The number of aryl methyl sites for hydroxylation is 2. The van der Waals surface area contributed by atoms with E-state index in [0.29, 0.717) is 15.8 Å². The Kier molecular flexibility index (Phi) is 3.43. The molecule has 0 saturated heterocycles. The molecule has 2 aromatic heterocycles. The normalized spacial score (nSPS) is 10.7. The van der Waals surface area contributed by atoms with Crippen molar-refractivity contribution in [3.63, 3.8) is 0 Å². The summed E-state index contributed by atoms with van der Waals surface area (Å²) >= 11 is 2.60. The maximum Gasteiger partial charge on any atom is 0.347 e. The lowest BCUT2D eigenvalue weighted by Crippen LogP contribution is -1.94. The molecule has 2 rings (SSSR count). The van der Waals surface area contributed by atoms with E-state index >= 15 is 0 Å². The lowest BCUT2D eigenvalue weighted by molar-refractivity contribution is 0.0701. The van der Waals surface area contributed by atoms with Gasteiger partial charge in [0.25, 0.3) is 0 Å². The number of rotatable bonds is 4. The Labute approximate surface area is 105 Å². The molecule has 0 aliphatic carbocycles. The van der Waals surface area contributed by atoms with Crippen LogP contribution in [-0.4, -0.2) is 26.4 Å². The standard InChI is InChI=1S/C9H9N3O3S2/c1-4-6(12-15-11-4)3-16-9-10-5(2)7(17-9)8(13)14/h3H2,1-2H3,(H,13,14). The van der Waals surface area contributed by atoms with Gasteiger partial charge in [0.2, 0.25) is 0 Å². The molecular weight excluding hydrogens is 262 g/mol. The number of aromatic carboxylic acids is 1. The zero-order valence-corrected chi connectivity index (χ0v) is 10.8. The van der Waals surface area contributed by atoms with Crippen LogP contribution in [0.15, 0.2) is 8.97 Å². The summed E-state index contributed by atoms with van der Waals surface area (Å²) in [5.74, 6) is -0.368. The van der Waals surface area contributed by atoms with Crippen LogP contribution in [0.4, 0.5) is 0 Å². The van der Waals surface area contributed by atoms with E-state index in [2.05, 4.69) is 19.9 Å². The molecule has 1 N–H and O–H groups in total. The van der Waals surface area contributed by atoms with Crippen LogP contribution < -0.4 is 0 Å². The van der Waals surface area contributed by atoms with Crippen LogP contribution in [0.5, 0.6) is 0 Å². The number of thiazole rings is 1. The van der Waals surface area contributed by atoms with E-state index in [1.165, 1.54) is 23.1 Å². The van der Waals surface area contributed by atoms with Crippen molar-refractivity contribution in [2.45, 2.75) is 23.9 Å². The van der Waals surface area contributed by atoms with Crippen molar-refractivity contribution in [2.24, 2.45) is 0 Å². The summed E-state index contributed by atoms with van der Waals surface area (Å²) in [5.41, 5.74) is 2.03. The second kappa shape index (κ2) is 4.84. The zero-order valence-electron chi connectivity index (χ0n) is 9.13. The molecule has 0 fully saturated rings. The van der Waals surface area contributed by atoms with Crippen molar-refractivity contribution in [1.29, 1.82) is 0 Å². The SMILES string of the molecule is Cc1nonc1CSc1nc(C)c(C(=O)O)s1. The second-order valence-electron chi connectivity index (χ2n) is 3.28. The molecule has 0 atom stereocenters. The maximum absolute atomic E-state index is 10.8. The first kappa shape index (κ1) is 12.1. The van der Waals surface area contributed by atoms with Gasteiger partial charge in [-0.15, -0.1) is 11.3 Å². The van der Waals surface area contributed by atoms with Crippen LogP contribution in [0.1, 0.15) is 26.8 Å². The van der Waals surface area contributed by atoms with E-state index in [9.17, 15) is 4.79 Å². The number of nitrogens with zero attached hydrogens (tertiary/aromatic N) is 3. The van der Waals surface area contributed by atoms with Gasteiger partial charge in [0.05, 0.1) is 5.69 Å². The maximum atomic E-state index is 10.8. The van der Waals surface area contributed by atoms with Crippen LogP contribution in [0.3, 0.4) is 0 Å². The molecule has 0 amide bonds. The molecule has 0 aliphatic rings. The Balaban J connectivity index is 2.07. The Morgan fingerprint density at radius 1 is 1.41 bits per heavy atom. The van der Waals surface area contributed by atoms with Gasteiger partial charge < -0.3 is 5.11 Å². The monoisotopic (exact) mass is 271 g/mol. The van der Waals surface area contributed by atoms with Gasteiger partial charge in [-0.1, -0.05) is 22.1 Å². The van der Waals surface area contributed by atoms with E-state index in [1.807, 2.05) is 6.92 Å². The highest BCUT2D eigenvalue weighted by Crippen LogP contribution is 2.29. The van der Waals surface area contributed by atoms with Gasteiger partial charge >= 0.3 is 5.97 Å². The molecule has 0 saturated carbocycles. The highest BCUT2D eigenvalue weighted by molar-refractivity contribution is 8.00. The van der Waals surface area contributed by atoms with Gasteiger partial charge in [-0.3, -0.25) is 0 Å². The van der Waals surface area contributed by atoms with Gasteiger partial charge in [-0.25, -0.2) is 14.4 Å². The van der Waals surface area contributed by atoms with E-state index in [-0.39, 0.29) is 4.88 Å². The smallest absolute Gasteiger partial charge is 0.347 e. The lowest BCUT2D eigenvalue weighted by Gasteiger charge is -1.92. The van der Waals surface area contributed by atoms with Gasteiger partial charge in [0, 0.05) is 5.75 Å². The fourth-order valence-electron chi connectivity index (χ4n) is 1.14. The second-order valence-corrected chi connectivity index (χ2v) is 5.51. The van der Waals surface area contributed by atoms with E-state index < -0.39 is 5.97 Å². The summed E-state index contributed by atoms with van der Waals surface area (Å²) < 4.78 is 5.29. The number of hydrogen-bond acceptors (Lipinski definition) is 7. The fourth-order valence-corrected chi connectivity index (χ4v) is 3.17. The molecule has 0 aromatic carbocycles. The molecule has 0 radical (unpaired) electrons. The highest BCUT2D eigenvalue weighted by Gasteiger charge is 2.15. The molecule has 17 heavy (non-hydrogen) atoms. The summed E-state index contributed by atoms with van der Waals surface area (Å²) in [6.07, 6.45) is 0. The van der Waals surface area contributed by atoms with Crippen LogP contribution in [0.2, 0.25) is 0 Å². The van der Waals surface area contributed by atoms with Crippen LogP contribution in [-0.2, 0) is 5.75 Å². The van der Waals surface area contributed by atoms with Gasteiger partial charge in [-0.05, 0) is 13.8 Å². The first-order chi connectivity index (χ1) is 8.08. The van der Waals surface area contributed by atoms with Gasteiger partial charge in [0.1, 0.15) is 16.3 Å². The summed E-state index contributed by atoms with van der Waals surface area (Å²) in [5, 5.41) is 16.3. The molecule has 0 spiro atoms. The molecule has 0 unspecified atom stereocenters. The number of carboxylic acid groups (broad SMARTS) is 1. The average molecular weight is 271 g/mol. The third-order valence-corrected chi connectivity index (χ3v) is 4.35. The predicted molar refractivity (Wildman–Crippen MR) is 62.4 cm³/mol. The third-order valence-electron chi connectivity index (χ3n) is 2.05. The Hall–Kier alpha value is -1.41. The predicted octanol–water partition coefficient (Wildman–Crippen LogP) is 2.13. The quantitative estimate of drug-likeness (QED) is 0.852. The van der Waals surface area contributed by atoms with Crippen molar-refractivity contribution >= 4 is 29.1 Å². The van der Waals surface area contributed by atoms with Gasteiger partial charge in [0.15, 0.2) is 4.34 Å². The van der Waals surface area contributed by atoms with Crippen LogP contribution in [0, 0.1) is 13.8 Å². The summed E-state index contributed by atoms with van der Waals surface area (Å²) in [4.78, 5) is 15.3. The molecule has 0 bridgehead atoms. The van der Waals surface area contributed by atoms with E-state index in [1.54, 1.807) is 6.92 Å². The van der Waals surface area contributed by atoms with Crippen LogP contribution in [0.25, 0.3) is 0 Å². The first-order valence-corrected chi connectivity index (χ1v) is 6.49. The van der Waals surface area contributed by atoms with Gasteiger partial charge in [-0.2, -0.15) is 0 Å². The Morgan fingerprint density at radius 3 is 2.71 bits per heavy atom. The molecule has 2 heterocycles. The van der Waals surface area contributed by atoms with Crippen molar-refractivity contribution < 1.29 is 14.5 Å². The number of carboxylic acids is 1. The molecule has 6 nitrogen and oxygen atoms in total. The lowest BCUT2D eigenvalue weighted by atomic mass is 10.4. The molecule has 90 valence electrons. The van der Waals surface area contributed by atoms with E-state index in [0.717, 1.165) is 11.4 Å². The number of thioether (sulfide) groups is 1. The van der Waals surface area contributed by atoms with E-state index in [4.69, 9.17) is 5.11 Å². The largest absolute Gasteiger partial charge is 0.477 e. The summed E-state index contributed by atoms with van der Waals surface area (Å²) in [6, 6.07) is 0. The minimum absolute atomic E-state index is 0.280. The fraction of sp³-hybridized carbons (Fsp3) is 0.333. The molecule has 2 aromatic rings. The Morgan fingerprint density at radius 2 is 2.18 bits per heavy atom.